The van der Waals surface area contributed by atoms with Crippen molar-refractivity contribution in [2.75, 3.05) is 13.2 Å². The van der Waals surface area contributed by atoms with E-state index in [1.807, 2.05) is 0 Å². The first-order valence-electron chi connectivity index (χ1n) is 5.00. The number of hydrogen-bond acceptors (Lipinski definition) is 5. The van der Waals surface area contributed by atoms with Crippen LogP contribution in [-0.2, 0) is 24.0 Å². The third-order valence-electron chi connectivity index (χ3n) is 1.94. The van der Waals surface area contributed by atoms with Crippen molar-refractivity contribution in [3.05, 3.63) is 0 Å². The van der Waals surface area contributed by atoms with Crippen molar-refractivity contribution in [3.63, 3.8) is 0 Å². The van der Waals surface area contributed by atoms with Crippen LogP contribution in [0.5, 0.6) is 0 Å². The number of ether oxygens (including phenoxy) is 1. The first-order chi connectivity index (χ1) is 7.63. The summed E-state index contributed by atoms with van der Waals surface area (Å²) in [6, 6.07) is -0.672. The van der Waals surface area contributed by atoms with E-state index >= 15 is 0 Å². The van der Waals surface area contributed by atoms with Gasteiger partial charge in [0.25, 0.3) is 5.91 Å². The molecule has 16 heavy (non-hydrogen) atoms. The number of amides is 2. The Labute approximate surface area is 92.4 Å². The van der Waals surface area contributed by atoms with Gasteiger partial charge in [0.15, 0.2) is 0 Å². The Morgan fingerprint density at radius 1 is 1.56 bits per heavy atom. The Kier molecular flexibility index (Phi) is 4.71. The third-order valence-corrected chi connectivity index (χ3v) is 1.94. The molecule has 7 nitrogen and oxygen atoms in total. The van der Waals surface area contributed by atoms with Gasteiger partial charge in [-0.25, -0.2) is 5.48 Å². The fourth-order valence-electron chi connectivity index (χ4n) is 1.17. The summed E-state index contributed by atoms with van der Waals surface area (Å²) in [6.07, 6.45) is 0.0114. The minimum Gasteiger partial charge on any atom is -0.466 e. The third kappa shape index (κ3) is 3.85. The summed E-state index contributed by atoms with van der Waals surface area (Å²) in [5.74, 6) is -1.19. The van der Waals surface area contributed by atoms with Crippen LogP contribution < -0.4 is 10.8 Å². The zero-order valence-electron chi connectivity index (χ0n) is 8.95. The molecule has 7 heteroatoms. The van der Waals surface area contributed by atoms with Gasteiger partial charge in [-0.2, -0.15) is 0 Å². The second-order valence-electron chi connectivity index (χ2n) is 3.20. The molecular formula is C9H14N2O5. The molecule has 0 bridgehead atoms. The van der Waals surface area contributed by atoms with Gasteiger partial charge in [0.2, 0.25) is 5.91 Å². The molecule has 0 aromatic heterocycles. The van der Waals surface area contributed by atoms with Gasteiger partial charge in [0, 0.05) is 6.42 Å². The molecule has 0 spiro atoms. The van der Waals surface area contributed by atoms with Crippen LogP contribution >= 0.6 is 0 Å². The smallest absolute Gasteiger partial charge is 0.306 e. The number of hydroxylamine groups is 1. The molecule has 0 aromatic carbocycles. The lowest BCUT2D eigenvalue weighted by molar-refractivity contribution is -0.144. The van der Waals surface area contributed by atoms with Gasteiger partial charge in [-0.3, -0.25) is 19.2 Å². The van der Waals surface area contributed by atoms with E-state index in [4.69, 9.17) is 0 Å². The van der Waals surface area contributed by atoms with Gasteiger partial charge in [-0.1, -0.05) is 0 Å². The first-order valence-corrected chi connectivity index (χ1v) is 5.00. The van der Waals surface area contributed by atoms with Gasteiger partial charge >= 0.3 is 5.97 Å². The number of nitrogens with one attached hydrogen (secondary N) is 2. The van der Waals surface area contributed by atoms with Crippen molar-refractivity contribution in [3.8, 4) is 0 Å². The number of rotatable bonds is 5. The molecule has 2 amide bonds. The van der Waals surface area contributed by atoms with E-state index in [9.17, 15) is 14.4 Å². The van der Waals surface area contributed by atoms with E-state index in [0.29, 0.717) is 6.61 Å². The fraction of sp³-hybridized carbons (Fsp3) is 0.667. The Bertz CT molecular complexity index is 292. The molecule has 1 aliphatic rings. The van der Waals surface area contributed by atoms with Crippen LogP contribution in [0.3, 0.4) is 0 Å². The van der Waals surface area contributed by atoms with E-state index in [2.05, 4.69) is 20.4 Å². The molecular weight excluding hydrogens is 216 g/mol. The summed E-state index contributed by atoms with van der Waals surface area (Å²) >= 11 is 0. The van der Waals surface area contributed by atoms with E-state index in [-0.39, 0.29) is 31.3 Å². The molecule has 0 aliphatic carbocycles. The van der Waals surface area contributed by atoms with E-state index < -0.39 is 12.0 Å². The summed E-state index contributed by atoms with van der Waals surface area (Å²) < 4.78 is 4.66. The van der Waals surface area contributed by atoms with Gasteiger partial charge in [-0.05, 0) is 6.92 Å². The van der Waals surface area contributed by atoms with Crippen LogP contribution in [0.4, 0.5) is 0 Å². The molecule has 1 fully saturated rings. The molecule has 1 atom stereocenters. The highest BCUT2D eigenvalue weighted by atomic mass is 16.7. The zero-order valence-corrected chi connectivity index (χ0v) is 8.95. The molecule has 1 saturated heterocycles. The van der Waals surface area contributed by atoms with Crippen LogP contribution in [0, 0.1) is 0 Å². The van der Waals surface area contributed by atoms with Gasteiger partial charge < -0.3 is 10.1 Å². The molecule has 1 aliphatic heterocycles. The Morgan fingerprint density at radius 2 is 2.31 bits per heavy atom. The second kappa shape index (κ2) is 6.06. The standard InChI is InChI=1S/C9H14N2O5/c1-2-15-8(13)4-3-7(12)10-6-5-16-11-9(6)14/h6H,2-5H2,1H3,(H,10,12)(H,11,14)/t6-/m1/s1. The van der Waals surface area contributed by atoms with Crippen molar-refractivity contribution >= 4 is 17.8 Å². The van der Waals surface area contributed by atoms with Gasteiger partial charge in [-0.15, -0.1) is 0 Å². The monoisotopic (exact) mass is 230 g/mol. The maximum absolute atomic E-state index is 11.3. The van der Waals surface area contributed by atoms with Crippen molar-refractivity contribution in [2.24, 2.45) is 0 Å². The van der Waals surface area contributed by atoms with E-state index in [1.54, 1.807) is 6.92 Å². The molecule has 2 N–H and O–H groups in total. The van der Waals surface area contributed by atoms with Crippen molar-refractivity contribution < 1.29 is 24.0 Å². The van der Waals surface area contributed by atoms with Crippen LogP contribution in [0.15, 0.2) is 0 Å². The largest absolute Gasteiger partial charge is 0.466 e. The number of hydrogen-bond donors (Lipinski definition) is 2. The first kappa shape index (κ1) is 12.4. The average Bonchev–Trinajstić information content (AvgIpc) is 2.62. The number of esters is 1. The molecule has 0 radical (unpaired) electrons. The maximum Gasteiger partial charge on any atom is 0.306 e. The van der Waals surface area contributed by atoms with Crippen molar-refractivity contribution in [2.45, 2.75) is 25.8 Å². The summed E-state index contributed by atoms with van der Waals surface area (Å²) in [5, 5.41) is 2.44. The Balaban J connectivity index is 2.20. The predicted octanol–water partition coefficient (Wildman–Crippen LogP) is -1.12. The summed E-state index contributed by atoms with van der Waals surface area (Å²) in [7, 11) is 0. The van der Waals surface area contributed by atoms with Crippen LogP contribution in [0.1, 0.15) is 19.8 Å². The fourth-order valence-corrected chi connectivity index (χ4v) is 1.17. The Morgan fingerprint density at radius 3 is 2.88 bits per heavy atom. The quantitative estimate of drug-likeness (QED) is 0.583. The van der Waals surface area contributed by atoms with Crippen molar-refractivity contribution in [1.29, 1.82) is 0 Å². The van der Waals surface area contributed by atoms with Crippen LogP contribution in [0.25, 0.3) is 0 Å². The highest BCUT2D eigenvalue weighted by Gasteiger charge is 2.26. The van der Waals surface area contributed by atoms with E-state index in [0.717, 1.165) is 0 Å². The molecule has 1 heterocycles. The molecule has 0 unspecified atom stereocenters. The maximum atomic E-state index is 11.3. The molecule has 90 valence electrons. The lowest BCUT2D eigenvalue weighted by atomic mass is 10.2. The van der Waals surface area contributed by atoms with Gasteiger partial charge in [0.05, 0.1) is 13.0 Å². The highest BCUT2D eigenvalue weighted by molar-refractivity contribution is 5.89. The second-order valence-corrected chi connectivity index (χ2v) is 3.20. The normalized spacial score (nSPS) is 19.1. The van der Waals surface area contributed by atoms with Crippen LogP contribution in [0.2, 0.25) is 0 Å². The minimum absolute atomic E-state index is 0.00259. The predicted molar refractivity (Wildman–Crippen MR) is 51.9 cm³/mol. The summed E-state index contributed by atoms with van der Waals surface area (Å²) in [6.45, 7) is 2.08. The summed E-state index contributed by atoms with van der Waals surface area (Å²) in [4.78, 5) is 37.9. The minimum atomic E-state index is -0.672. The number of carbonyl (C=O) groups excluding carboxylic acids is 3. The lowest BCUT2D eigenvalue weighted by Crippen LogP contribution is -2.41. The van der Waals surface area contributed by atoms with Gasteiger partial charge in [0.1, 0.15) is 12.6 Å². The molecule has 0 saturated carbocycles. The molecule has 1 rings (SSSR count). The zero-order chi connectivity index (χ0) is 12.0. The number of carbonyl (C=O) groups is 3. The summed E-state index contributed by atoms with van der Waals surface area (Å²) in [5.41, 5.74) is 2.11. The molecule has 0 aromatic rings. The lowest BCUT2D eigenvalue weighted by Gasteiger charge is -2.07. The average molecular weight is 230 g/mol. The van der Waals surface area contributed by atoms with E-state index in [1.165, 1.54) is 0 Å². The highest BCUT2D eigenvalue weighted by Crippen LogP contribution is 1.97. The van der Waals surface area contributed by atoms with Crippen molar-refractivity contribution in [1.82, 2.24) is 10.8 Å². The topological polar surface area (TPSA) is 93.7 Å². The Hall–Kier alpha value is -1.63. The SMILES string of the molecule is CCOC(=O)CCC(=O)N[C@@H]1CONC1=O. The van der Waals surface area contributed by atoms with Crippen LogP contribution in [-0.4, -0.2) is 37.0 Å².